The normalized spacial score (nSPS) is 16.3. The number of aldehydes is 1. The zero-order chi connectivity index (χ0) is 23.3. The molecule has 168 valence electrons. The minimum atomic E-state index is -1.23. The van der Waals surface area contributed by atoms with Gasteiger partial charge in [0, 0.05) is 25.2 Å². The Labute approximate surface area is 183 Å². The van der Waals surface area contributed by atoms with Crippen LogP contribution < -0.4 is 10.7 Å². The smallest absolute Gasteiger partial charge is 0.339 e. The Morgan fingerprint density at radius 2 is 2.03 bits per heavy atom. The molecule has 1 aromatic heterocycles. The van der Waals surface area contributed by atoms with E-state index in [0.29, 0.717) is 24.5 Å². The molecule has 2 unspecified atom stereocenters. The molecule has 2 heterocycles. The summed E-state index contributed by atoms with van der Waals surface area (Å²) in [7, 11) is 1.36. The van der Waals surface area contributed by atoms with E-state index < -0.39 is 42.3 Å². The zero-order valence-corrected chi connectivity index (χ0v) is 17.4. The van der Waals surface area contributed by atoms with Gasteiger partial charge >= 0.3 is 12.0 Å². The number of fused-ring (bicyclic) bond motifs is 1. The average Bonchev–Trinajstić information content (AvgIpc) is 3.27. The first-order valence-electron chi connectivity index (χ1n) is 9.98. The molecule has 1 aliphatic rings. The first-order chi connectivity index (χ1) is 15.3. The number of hydrazine groups is 1. The third-order valence-corrected chi connectivity index (χ3v) is 5.13. The van der Waals surface area contributed by atoms with Crippen molar-refractivity contribution in [3.05, 3.63) is 42.2 Å². The average molecular weight is 441 g/mol. The molecule has 4 amide bonds. The van der Waals surface area contributed by atoms with Crippen LogP contribution in [0.5, 0.6) is 0 Å². The summed E-state index contributed by atoms with van der Waals surface area (Å²) in [5.41, 5.74) is 2.63. The van der Waals surface area contributed by atoms with Gasteiger partial charge in [-0.15, -0.1) is 0 Å². The molecule has 0 aliphatic carbocycles. The van der Waals surface area contributed by atoms with Crippen LogP contribution in [0.1, 0.15) is 29.8 Å². The molecule has 0 spiro atoms. The summed E-state index contributed by atoms with van der Waals surface area (Å²) in [6.07, 6.45) is 2.19. The highest BCUT2D eigenvalue weighted by Crippen LogP contribution is 2.20. The third kappa shape index (κ3) is 4.99. The molecule has 0 saturated carbocycles. The number of hydrogen-bond donors (Lipinski definition) is 3. The number of urea groups is 1. The summed E-state index contributed by atoms with van der Waals surface area (Å²) in [6, 6.07) is 6.29. The van der Waals surface area contributed by atoms with Crippen LogP contribution >= 0.6 is 0 Å². The van der Waals surface area contributed by atoms with Crippen molar-refractivity contribution in [2.75, 3.05) is 13.6 Å². The van der Waals surface area contributed by atoms with Gasteiger partial charge in [0.25, 0.3) is 5.91 Å². The Kier molecular flexibility index (Phi) is 6.98. The predicted molar refractivity (Wildman–Crippen MR) is 112 cm³/mol. The third-order valence-electron chi connectivity index (χ3n) is 5.13. The number of nitrogens with one attached hydrogen (secondary N) is 2. The quantitative estimate of drug-likeness (QED) is 0.438. The highest BCUT2D eigenvalue weighted by Gasteiger charge is 2.37. The lowest BCUT2D eigenvalue weighted by atomic mass is 10.1. The number of carboxylic acid groups (broad SMARTS) is 1. The lowest BCUT2D eigenvalue weighted by molar-refractivity contribution is -0.139. The second-order valence-electron chi connectivity index (χ2n) is 7.36. The lowest BCUT2D eigenvalue weighted by Crippen LogP contribution is -2.55. The fourth-order valence-corrected chi connectivity index (χ4v) is 3.61. The largest absolute Gasteiger partial charge is 0.481 e. The topological polar surface area (TPSA) is 149 Å². The fourth-order valence-electron chi connectivity index (χ4n) is 3.61. The number of likely N-dealkylation sites (tertiary alicyclic amines) is 1. The van der Waals surface area contributed by atoms with Gasteiger partial charge in [0.2, 0.25) is 5.91 Å². The number of hydrogen-bond acceptors (Lipinski definition) is 6. The minimum absolute atomic E-state index is 0.154. The van der Waals surface area contributed by atoms with Crippen LogP contribution in [0.4, 0.5) is 4.79 Å². The van der Waals surface area contributed by atoms with E-state index in [9.17, 15) is 24.0 Å². The van der Waals surface area contributed by atoms with Crippen molar-refractivity contribution in [2.24, 2.45) is 0 Å². The number of pyridine rings is 1. The number of aromatic nitrogens is 1. The van der Waals surface area contributed by atoms with E-state index in [1.807, 2.05) is 12.1 Å². The van der Waals surface area contributed by atoms with Crippen LogP contribution in [0.2, 0.25) is 0 Å². The molecule has 1 fully saturated rings. The molecule has 3 N–H and O–H groups in total. The summed E-state index contributed by atoms with van der Waals surface area (Å²) >= 11 is 0. The van der Waals surface area contributed by atoms with Crippen LogP contribution in [0.25, 0.3) is 10.8 Å². The number of carbonyl (C=O) groups excluding carboxylic acids is 4. The first kappa shape index (κ1) is 22.7. The van der Waals surface area contributed by atoms with Crippen molar-refractivity contribution in [1.29, 1.82) is 0 Å². The molecule has 32 heavy (non-hydrogen) atoms. The molecule has 0 bridgehead atoms. The molecule has 3 rings (SSSR count). The van der Waals surface area contributed by atoms with Gasteiger partial charge in [-0.25, -0.2) is 9.80 Å². The van der Waals surface area contributed by atoms with E-state index in [4.69, 9.17) is 5.11 Å². The van der Waals surface area contributed by atoms with E-state index in [-0.39, 0.29) is 12.2 Å². The maximum atomic E-state index is 12.9. The highest BCUT2D eigenvalue weighted by atomic mass is 16.4. The molecule has 1 saturated heterocycles. The van der Waals surface area contributed by atoms with E-state index >= 15 is 0 Å². The number of benzene rings is 1. The van der Waals surface area contributed by atoms with Gasteiger partial charge < -0.3 is 20.1 Å². The SMILES string of the molecule is CN(NC(=O)c1nccc2ccccc12)C(=O)N1CCCC1C(=O)NC(C=O)CC(=O)O. The van der Waals surface area contributed by atoms with Crippen LogP contribution in [-0.4, -0.2) is 75.8 Å². The number of carbonyl (C=O) groups is 5. The molecule has 11 heteroatoms. The standard InChI is InChI=1S/C21H23N5O6/c1-25(24-20(31)18-15-6-3-2-5-13(15)8-9-22-18)21(32)26-10-4-7-16(26)19(30)23-14(12-27)11-17(28)29/h2-3,5-6,8-9,12,14,16H,4,7,10-11H2,1H3,(H,23,30)(H,24,31)(H,28,29). The van der Waals surface area contributed by atoms with Gasteiger partial charge in [-0.05, 0) is 24.3 Å². The van der Waals surface area contributed by atoms with Crippen molar-refractivity contribution in [2.45, 2.75) is 31.3 Å². The molecule has 0 radical (unpaired) electrons. The molecule has 11 nitrogen and oxygen atoms in total. The Hall–Kier alpha value is -4.02. The van der Waals surface area contributed by atoms with Gasteiger partial charge in [-0.3, -0.25) is 24.8 Å². The Balaban J connectivity index is 1.67. The summed E-state index contributed by atoms with van der Waals surface area (Å²) in [5.74, 6) is -2.43. The number of amides is 4. The highest BCUT2D eigenvalue weighted by molar-refractivity contribution is 6.05. The van der Waals surface area contributed by atoms with Crippen molar-refractivity contribution in [3.63, 3.8) is 0 Å². The second-order valence-corrected chi connectivity index (χ2v) is 7.36. The van der Waals surface area contributed by atoms with Gasteiger partial charge in [0.15, 0.2) is 0 Å². The van der Waals surface area contributed by atoms with Crippen molar-refractivity contribution >= 4 is 40.9 Å². The number of nitrogens with zero attached hydrogens (tertiary/aromatic N) is 3. The second kappa shape index (κ2) is 9.86. The lowest BCUT2D eigenvalue weighted by Gasteiger charge is -2.29. The number of rotatable bonds is 6. The Morgan fingerprint density at radius 1 is 1.28 bits per heavy atom. The van der Waals surface area contributed by atoms with Crippen molar-refractivity contribution in [1.82, 2.24) is 25.6 Å². The fraction of sp³-hybridized carbons (Fsp3) is 0.333. The summed E-state index contributed by atoms with van der Waals surface area (Å²) in [5, 5.41) is 13.6. The summed E-state index contributed by atoms with van der Waals surface area (Å²) in [6.45, 7) is 0.272. The minimum Gasteiger partial charge on any atom is -0.481 e. The Morgan fingerprint density at radius 3 is 2.75 bits per heavy atom. The first-order valence-corrected chi connectivity index (χ1v) is 9.98. The molecular formula is C21H23N5O6. The van der Waals surface area contributed by atoms with Crippen molar-refractivity contribution < 1.29 is 29.1 Å². The van der Waals surface area contributed by atoms with Gasteiger partial charge in [0.1, 0.15) is 18.0 Å². The molecule has 1 aliphatic heterocycles. The van der Waals surface area contributed by atoms with Gasteiger partial charge in [-0.1, -0.05) is 24.3 Å². The van der Waals surface area contributed by atoms with Crippen LogP contribution in [0.3, 0.4) is 0 Å². The molecule has 1 aromatic carbocycles. The van der Waals surface area contributed by atoms with E-state index in [2.05, 4.69) is 15.7 Å². The number of carboxylic acids is 1. The molecule has 2 aromatic rings. The van der Waals surface area contributed by atoms with Gasteiger partial charge in [-0.2, -0.15) is 0 Å². The maximum absolute atomic E-state index is 12.9. The number of aliphatic carboxylic acids is 1. The zero-order valence-electron chi connectivity index (χ0n) is 17.4. The molecule has 2 atom stereocenters. The monoisotopic (exact) mass is 441 g/mol. The van der Waals surface area contributed by atoms with Crippen molar-refractivity contribution in [3.8, 4) is 0 Å². The van der Waals surface area contributed by atoms with Crippen LogP contribution in [-0.2, 0) is 14.4 Å². The van der Waals surface area contributed by atoms with Gasteiger partial charge in [0.05, 0.1) is 12.5 Å². The van der Waals surface area contributed by atoms with Crippen LogP contribution in [0.15, 0.2) is 36.5 Å². The molecular weight excluding hydrogens is 418 g/mol. The summed E-state index contributed by atoms with van der Waals surface area (Å²) in [4.78, 5) is 65.4. The summed E-state index contributed by atoms with van der Waals surface area (Å²) < 4.78 is 0. The van der Waals surface area contributed by atoms with E-state index in [0.717, 1.165) is 10.4 Å². The predicted octanol–water partition coefficient (Wildman–Crippen LogP) is 0.554. The van der Waals surface area contributed by atoms with Crippen LogP contribution in [0, 0.1) is 0 Å². The van der Waals surface area contributed by atoms with E-state index in [1.165, 1.54) is 18.1 Å². The Bertz CT molecular complexity index is 1050. The maximum Gasteiger partial charge on any atom is 0.339 e. The van der Waals surface area contributed by atoms with E-state index in [1.54, 1.807) is 18.2 Å².